The normalized spacial score (nSPS) is 21.1. The lowest BCUT2D eigenvalue weighted by molar-refractivity contribution is 0.560. The van der Waals surface area contributed by atoms with Crippen molar-refractivity contribution in [2.45, 2.75) is 24.9 Å². The van der Waals surface area contributed by atoms with E-state index in [1.54, 1.807) is 0 Å². The molecule has 0 spiro atoms. The van der Waals surface area contributed by atoms with Crippen molar-refractivity contribution in [3.05, 3.63) is 48.5 Å². The van der Waals surface area contributed by atoms with E-state index in [2.05, 4.69) is 37.8 Å². The highest BCUT2D eigenvalue weighted by Gasteiger charge is 2.24. The minimum absolute atomic E-state index is 0.134. The maximum absolute atomic E-state index is 6.17. The minimum atomic E-state index is 0.134. The van der Waals surface area contributed by atoms with E-state index in [-0.39, 0.29) is 12.1 Å². The van der Waals surface area contributed by atoms with Crippen molar-refractivity contribution in [1.29, 1.82) is 0 Å². The lowest BCUT2D eigenvalue weighted by Gasteiger charge is -2.21. The molecule has 2 aromatic rings. The number of nitrogens with one attached hydrogen (secondary N) is 2. The number of guanidine groups is 2. The summed E-state index contributed by atoms with van der Waals surface area (Å²) in [4.78, 5) is 16.1. The zero-order valence-electron chi connectivity index (χ0n) is 20.0. The summed E-state index contributed by atoms with van der Waals surface area (Å²) in [6, 6.07) is 16.2. The van der Waals surface area contributed by atoms with E-state index in [9.17, 15) is 0 Å². The topological polar surface area (TPSA) is 137 Å². The van der Waals surface area contributed by atoms with Crippen LogP contribution < -0.4 is 37.9 Å². The van der Waals surface area contributed by atoms with E-state index >= 15 is 0 Å². The molecule has 182 valence electrons. The summed E-state index contributed by atoms with van der Waals surface area (Å²) in [7, 11) is 3.91. The molecule has 2 saturated heterocycles. The molecule has 2 unspecified atom stereocenters. The minimum Gasteiger partial charge on any atom is -0.399 e. The number of nitrogens with two attached hydrogens (primary N) is 3. The van der Waals surface area contributed by atoms with Crippen molar-refractivity contribution in [3.63, 3.8) is 0 Å². The van der Waals surface area contributed by atoms with Gasteiger partial charge >= 0.3 is 0 Å². The Morgan fingerprint density at radius 1 is 0.794 bits per heavy atom. The van der Waals surface area contributed by atoms with E-state index in [4.69, 9.17) is 22.2 Å². The molecule has 0 saturated carbocycles. The number of rotatable bonds is 4. The third-order valence-corrected chi connectivity index (χ3v) is 6.20. The number of hydrogen-bond donors (Lipinski definition) is 5. The molecule has 2 atom stereocenters. The van der Waals surface area contributed by atoms with Crippen LogP contribution in [0.5, 0.6) is 0 Å². The highest BCUT2D eigenvalue weighted by Crippen LogP contribution is 2.24. The Morgan fingerprint density at radius 2 is 1.26 bits per heavy atom. The van der Waals surface area contributed by atoms with E-state index in [0.717, 1.165) is 62.0 Å². The Morgan fingerprint density at radius 3 is 1.74 bits per heavy atom. The van der Waals surface area contributed by atoms with E-state index in [0.29, 0.717) is 5.96 Å². The zero-order chi connectivity index (χ0) is 24.1. The largest absolute Gasteiger partial charge is 0.399 e. The Balaban J connectivity index is 1.30. The van der Waals surface area contributed by atoms with Gasteiger partial charge in [0.2, 0.25) is 11.9 Å². The first kappa shape index (κ1) is 23.3. The molecule has 0 bridgehead atoms. The number of nitrogen functional groups attached to an aromatic ring is 2. The zero-order valence-corrected chi connectivity index (χ0v) is 20.0. The molecule has 2 heterocycles. The first-order valence-corrected chi connectivity index (χ1v) is 11.7. The monoisotopic (exact) mass is 464 g/mol. The second-order valence-electron chi connectivity index (χ2n) is 9.07. The molecule has 0 radical (unpaired) electrons. The molecule has 0 aliphatic carbocycles. The Bertz CT molecular complexity index is 999. The van der Waals surface area contributed by atoms with Gasteiger partial charge in [0.25, 0.3) is 0 Å². The van der Waals surface area contributed by atoms with Gasteiger partial charge in [-0.1, -0.05) is 0 Å². The summed E-state index contributed by atoms with van der Waals surface area (Å²) >= 11 is 0. The fourth-order valence-electron chi connectivity index (χ4n) is 4.32. The molecule has 4 rings (SSSR count). The number of anilines is 4. The number of aliphatic imine (C=N–C) groups is 2. The van der Waals surface area contributed by atoms with Gasteiger partial charge in [-0.25, -0.2) is 9.98 Å². The van der Waals surface area contributed by atoms with Crippen LogP contribution in [0.25, 0.3) is 0 Å². The van der Waals surface area contributed by atoms with E-state index < -0.39 is 0 Å². The van der Waals surface area contributed by atoms with Gasteiger partial charge in [-0.3, -0.25) is 10.9 Å². The summed E-state index contributed by atoms with van der Waals surface area (Å²) in [6.07, 6.45) is 1.93. The molecule has 8 N–H and O–H groups in total. The summed E-state index contributed by atoms with van der Waals surface area (Å²) < 4.78 is 0. The Labute approximate surface area is 201 Å². The highest BCUT2D eigenvalue weighted by molar-refractivity contribution is 5.85. The van der Waals surface area contributed by atoms with Crippen LogP contribution >= 0.6 is 0 Å². The standard InChI is InChI=1S/C24H36N10/c1-32(2)24(29-20-12-14-34(16-20)22-9-5-18(26)6-10-22)31-30-23(27)28-19-11-13-33(15-19)21-7-3-17(25)4-8-21/h3-10,19-20H,11-16,25-26H2,1-2H3,(H,29,31)(H3,27,28,30). The van der Waals surface area contributed by atoms with E-state index in [1.807, 2.05) is 55.4 Å². The van der Waals surface area contributed by atoms with Crippen LogP contribution in [0, 0.1) is 0 Å². The third-order valence-electron chi connectivity index (χ3n) is 6.20. The average molecular weight is 465 g/mol. The second kappa shape index (κ2) is 10.4. The van der Waals surface area contributed by atoms with Crippen molar-refractivity contribution in [2.75, 3.05) is 61.5 Å². The summed E-state index contributed by atoms with van der Waals surface area (Å²) in [6.45, 7) is 3.58. The Hall–Kier alpha value is -3.82. The smallest absolute Gasteiger partial charge is 0.212 e. The third kappa shape index (κ3) is 5.94. The predicted octanol–water partition coefficient (Wildman–Crippen LogP) is 1.04. The summed E-state index contributed by atoms with van der Waals surface area (Å²) in [5.41, 5.74) is 27.8. The van der Waals surface area contributed by atoms with Crippen molar-refractivity contribution >= 4 is 34.7 Å². The van der Waals surface area contributed by atoms with Gasteiger partial charge in [-0.2, -0.15) is 0 Å². The molecule has 2 aromatic carbocycles. The number of nitrogens with zero attached hydrogens (tertiary/aromatic N) is 5. The average Bonchev–Trinajstić information content (AvgIpc) is 3.47. The van der Waals surface area contributed by atoms with Gasteiger partial charge in [0.1, 0.15) is 0 Å². The van der Waals surface area contributed by atoms with Crippen LogP contribution in [0.4, 0.5) is 22.7 Å². The molecule has 10 heteroatoms. The van der Waals surface area contributed by atoms with Crippen molar-refractivity contribution < 1.29 is 0 Å². The maximum Gasteiger partial charge on any atom is 0.212 e. The van der Waals surface area contributed by atoms with E-state index in [1.165, 1.54) is 5.69 Å². The van der Waals surface area contributed by atoms with Gasteiger partial charge < -0.3 is 31.9 Å². The molecule has 2 fully saturated rings. The lowest BCUT2D eigenvalue weighted by Crippen LogP contribution is -2.51. The molecule has 0 amide bonds. The van der Waals surface area contributed by atoms with Crippen LogP contribution in [0.2, 0.25) is 0 Å². The van der Waals surface area contributed by atoms with Gasteiger partial charge in [0.15, 0.2) is 0 Å². The molecule has 10 nitrogen and oxygen atoms in total. The van der Waals surface area contributed by atoms with Crippen LogP contribution in [0.3, 0.4) is 0 Å². The Kier molecular flexibility index (Phi) is 7.15. The predicted molar refractivity (Wildman–Crippen MR) is 142 cm³/mol. The number of benzene rings is 2. The first-order chi connectivity index (χ1) is 16.4. The first-order valence-electron chi connectivity index (χ1n) is 11.7. The summed E-state index contributed by atoms with van der Waals surface area (Å²) in [5.74, 6) is 1.07. The molecule has 34 heavy (non-hydrogen) atoms. The van der Waals surface area contributed by atoms with Crippen molar-refractivity contribution in [1.82, 2.24) is 15.8 Å². The van der Waals surface area contributed by atoms with Gasteiger partial charge in [0.05, 0.1) is 12.1 Å². The summed E-state index contributed by atoms with van der Waals surface area (Å²) in [5, 5.41) is 0. The van der Waals surface area contributed by atoms with Crippen molar-refractivity contribution in [3.8, 4) is 0 Å². The SMILES string of the molecule is CN(C)C(=NC1CCN(c2ccc(N)cc2)C1)NNC(N)=NC1CCN(c2ccc(N)cc2)C1. The van der Waals surface area contributed by atoms with Crippen LogP contribution in [-0.2, 0) is 0 Å². The van der Waals surface area contributed by atoms with Gasteiger partial charge in [0, 0.05) is 63.0 Å². The van der Waals surface area contributed by atoms with Crippen LogP contribution in [0.1, 0.15) is 12.8 Å². The number of hydrazine groups is 1. The molecule has 0 aromatic heterocycles. The fraction of sp³-hybridized carbons (Fsp3) is 0.417. The molecule has 2 aliphatic heterocycles. The quantitative estimate of drug-likeness (QED) is 0.196. The van der Waals surface area contributed by atoms with Gasteiger partial charge in [-0.05, 0) is 61.4 Å². The fourth-order valence-corrected chi connectivity index (χ4v) is 4.32. The van der Waals surface area contributed by atoms with Crippen LogP contribution in [0.15, 0.2) is 58.5 Å². The second-order valence-corrected chi connectivity index (χ2v) is 9.07. The van der Waals surface area contributed by atoms with Crippen LogP contribution in [-0.4, -0.2) is 69.2 Å². The molecular weight excluding hydrogens is 428 g/mol. The lowest BCUT2D eigenvalue weighted by atomic mass is 10.2. The highest BCUT2D eigenvalue weighted by atomic mass is 15.5. The van der Waals surface area contributed by atoms with Gasteiger partial charge in [-0.15, -0.1) is 0 Å². The number of hydrogen-bond acceptors (Lipinski definition) is 6. The van der Waals surface area contributed by atoms with Crippen molar-refractivity contribution in [2.24, 2.45) is 15.7 Å². The molecular formula is C24H36N10. The molecule has 2 aliphatic rings. The maximum atomic E-state index is 6.17.